The molecule has 0 N–H and O–H groups in total. The molecule has 18 heavy (non-hydrogen) atoms. The van der Waals surface area contributed by atoms with Crippen molar-refractivity contribution in [2.45, 2.75) is 39.2 Å². The topological polar surface area (TPSA) is 3.24 Å². The van der Waals surface area contributed by atoms with Crippen molar-refractivity contribution in [2.75, 3.05) is 13.1 Å². The Balaban J connectivity index is 2.04. The molecule has 0 aromatic heterocycles. The van der Waals surface area contributed by atoms with Crippen molar-refractivity contribution in [1.29, 1.82) is 0 Å². The lowest BCUT2D eigenvalue weighted by atomic mass is 9.98. The number of likely N-dealkylation sites (tertiary alicyclic amines) is 1. The van der Waals surface area contributed by atoms with Crippen LogP contribution in [0.4, 0.5) is 0 Å². The van der Waals surface area contributed by atoms with Crippen LogP contribution in [0, 0.1) is 5.92 Å². The van der Waals surface area contributed by atoms with Crippen molar-refractivity contribution in [3.63, 3.8) is 0 Å². The first-order chi connectivity index (χ1) is 8.77. The van der Waals surface area contributed by atoms with E-state index in [9.17, 15) is 0 Å². The van der Waals surface area contributed by atoms with Crippen LogP contribution in [0.3, 0.4) is 0 Å². The zero-order valence-corrected chi connectivity index (χ0v) is 11.7. The molecule has 0 radical (unpaired) electrons. The van der Waals surface area contributed by atoms with Gasteiger partial charge in [-0.25, -0.2) is 0 Å². The van der Waals surface area contributed by atoms with Crippen LogP contribution >= 0.6 is 0 Å². The molecule has 0 saturated carbocycles. The minimum absolute atomic E-state index is 0.588. The minimum Gasteiger partial charge on any atom is -0.297 e. The quantitative estimate of drug-likeness (QED) is 0.765. The lowest BCUT2D eigenvalue weighted by Gasteiger charge is -2.35. The molecular weight excluding hydrogens is 218 g/mol. The summed E-state index contributed by atoms with van der Waals surface area (Å²) in [6.45, 7) is 7.19. The second-order valence-electron chi connectivity index (χ2n) is 5.60. The fourth-order valence-corrected chi connectivity index (χ4v) is 2.76. The summed E-state index contributed by atoms with van der Waals surface area (Å²) in [6.07, 6.45) is 8.80. The molecule has 1 heteroatoms. The molecule has 0 aliphatic carbocycles. The van der Waals surface area contributed by atoms with Gasteiger partial charge in [-0.15, -0.1) is 0 Å². The maximum atomic E-state index is 2.65. The van der Waals surface area contributed by atoms with E-state index >= 15 is 0 Å². The molecule has 1 fully saturated rings. The minimum atomic E-state index is 0.588. The molecule has 1 aliphatic heterocycles. The molecular formula is C17H25N. The van der Waals surface area contributed by atoms with E-state index in [1.165, 1.54) is 37.9 Å². The van der Waals surface area contributed by atoms with E-state index in [1.807, 2.05) is 0 Å². The van der Waals surface area contributed by atoms with Gasteiger partial charge in [-0.05, 0) is 37.4 Å². The van der Waals surface area contributed by atoms with Crippen LogP contribution in [0.25, 0.3) is 6.08 Å². The van der Waals surface area contributed by atoms with Crippen molar-refractivity contribution in [3.05, 3.63) is 42.0 Å². The second kappa shape index (κ2) is 6.75. The van der Waals surface area contributed by atoms with E-state index in [4.69, 9.17) is 0 Å². The van der Waals surface area contributed by atoms with Crippen molar-refractivity contribution >= 4 is 6.08 Å². The van der Waals surface area contributed by atoms with Crippen molar-refractivity contribution < 1.29 is 0 Å². The highest BCUT2D eigenvalue weighted by Gasteiger charge is 2.20. The molecule has 1 heterocycles. The zero-order valence-electron chi connectivity index (χ0n) is 11.7. The lowest BCUT2D eigenvalue weighted by molar-refractivity contribution is 0.159. The summed E-state index contributed by atoms with van der Waals surface area (Å²) in [5.74, 6) is 0.683. The number of hydrogen-bond donors (Lipinski definition) is 0. The molecule has 0 amide bonds. The molecule has 1 aromatic carbocycles. The number of hydrogen-bond acceptors (Lipinski definition) is 1. The van der Waals surface area contributed by atoms with E-state index in [-0.39, 0.29) is 0 Å². The average Bonchev–Trinajstić information content (AvgIpc) is 2.41. The van der Waals surface area contributed by atoms with Gasteiger partial charge in [-0.1, -0.05) is 62.8 Å². The van der Waals surface area contributed by atoms with Crippen molar-refractivity contribution in [3.8, 4) is 0 Å². The highest BCUT2D eigenvalue weighted by Crippen LogP contribution is 2.19. The maximum absolute atomic E-state index is 2.65. The van der Waals surface area contributed by atoms with Crippen molar-refractivity contribution in [1.82, 2.24) is 4.90 Å². The Morgan fingerprint density at radius 3 is 2.28 bits per heavy atom. The van der Waals surface area contributed by atoms with Gasteiger partial charge in [0.15, 0.2) is 0 Å². The summed E-state index contributed by atoms with van der Waals surface area (Å²) in [5.41, 5.74) is 1.31. The Labute approximate surface area is 112 Å². The number of nitrogens with zero attached hydrogens (tertiary/aromatic N) is 1. The van der Waals surface area contributed by atoms with Gasteiger partial charge in [0.25, 0.3) is 0 Å². The molecule has 1 nitrogen and oxygen atoms in total. The predicted octanol–water partition coefficient (Wildman–Crippen LogP) is 4.21. The summed E-state index contributed by atoms with van der Waals surface area (Å²) >= 11 is 0. The van der Waals surface area contributed by atoms with E-state index in [0.29, 0.717) is 12.0 Å². The first kappa shape index (κ1) is 13.4. The van der Waals surface area contributed by atoms with Gasteiger partial charge < -0.3 is 0 Å². The van der Waals surface area contributed by atoms with E-state index in [2.05, 4.69) is 61.2 Å². The van der Waals surface area contributed by atoms with Crippen LogP contribution < -0.4 is 0 Å². The molecule has 0 bridgehead atoms. The summed E-state index contributed by atoms with van der Waals surface area (Å²) < 4.78 is 0. The number of benzene rings is 1. The Morgan fingerprint density at radius 2 is 1.67 bits per heavy atom. The highest BCUT2D eigenvalue weighted by atomic mass is 15.2. The molecule has 1 saturated heterocycles. The second-order valence-corrected chi connectivity index (χ2v) is 5.60. The molecule has 1 aliphatic rings. The van der Waals surface area contributed by atoms with Crippen LogP contribution in [0.2, 0.25) is 0 Å². The monoisotopic (exact) mass is 243 g/mol. The normalized spacial score (nSPS) is 19.5. The molecule has 98 valence electrons. The van der Waals surface area contributed by atoms with Crippen LogP contribution in [-0.4, -0.2) is 24.0 Å². The number of piperidine rings is 1. The van der Waals surface area contributed by atoms with Gasteiger partial charge in [0.1, 0.15) is 0 Å². The zero-order chi connectivity index (χ0) is 12.8. The maximum Gasteiger partial charge on any atom is 0.0304 e. The SMILES string of the molecule is CC(C)C(C=Cc1ccccc1)N1CCCCC1. The third kappa shape index (κ3) is 3.71. The van der Waals surface area contributed by atoms with Gasteiger partial charge >= 0.3 is 0 Å². The van der Waals surface area contributed by atoms with Gasteiger partial charge in [-0.3, -0.25) is 4.90 Å². The third-order valence-corrected chi connectivity index (χ3v) is 3.78. The fraction of sp³-hybridized carbons (Fsp3) is 0.529. The summed E-state index contributed by atoms with van der Waals surface area (Å²) in [5, 5.41) is 0. The third-order valence-electron chi connectivity index (χ3n) is 3.78. The summed E-state index contributed by atoms with van der Waals surface area (Å²) in [6, 6.07) is 11.2. The average molecular weight is 243 g/mol. The van der Waals surface area contributed by atoms with Gasteiger partial charge in [-0.2, -0.15) is 0 Å². The van der Waals surface area contributed by atoms with E-state index < -0.39 is 0 Å². The van der Waals surface area contributed by atoms with Gasteiger partial charge in [0.05, 0.1) is 0 Å². The molecule has 1 unspecified atom stereocenters. The largest absolute Gasteiger partial charge is 0.297 e. The smallest absolute Gasteiger partial charge is 0.0304 e. The van der Waals surface area contributed by atoms with Crippen molar-refractivity contribution in [2.24, 2.45) is 5.92 Å². The molecule has 0 spiro atoms. The van der Waals surface area contributed by atoms with Crippen LogP contribution in [0.5, 0.6) is 0 Å². The van der Waals surface area contributed by atoms with Crippen LogP contribution in [0.1, 0.15) is 38.7 Å². The van der Waals surface area contributed by atoms with E-state index in [0.717, 1.165) is 0 Å². The lowest BCUT2D eigenvalue weighted by Crippen LogP contribution is -2.40. The Bertz CT molecular complexity index is 360. The Kier molecular flexibility index (Phi) is 5.00. The molecule has 1 atom stereocenters. The van der Waals surface area contributed by atoms with Gasteiger partial charge in [0, 0.05) is 6.04 Å². The van der Waals surface area contributed by atoms with E-state index in [1.54, 1.807) is 0 Å². The standard InChI is InChI=1S/C17H25N/c1-15(2)17(18-13-7-4-8-14-18)12-11-16-9-5-3-6-10-16/h3,5-6,9-12,15,17H,4,7-8,13-14H2,1-2H3. The van der Waals surface area contributed by atoms with Crippen LogP contribution in [0.15, 0.2) is 36.4 Å². The Morgan fingerprint density at radius 1 is 1.00 bits per heavy atom. The summed E-state index contributed by atoms with van der Waals surface area (Å²) in [7, 11) is 0. The van der Waals surface area contributed by atoms with Crippen LogP contribution in [-0.2, 0) is 0 Å². The summed E-state index contributed by atoms with van der Waals surface area (Å²) in [4.78, 5) is 2.65. The fourth-order valence-electron chi connectivity index (χ4n) is 2.76. The molecule has 2 rings (SSSR count). The predicted molar refractivity (Wildman–Crippen MR) is 79.5 cm³/mol. The van der Waals surface area contributed by atoms with Gasteiger partial charge in [0.2, 0.25) is 0 Å². The first-order valence-corrected chi connectivity index (χ1v) is 7.24. The highest BCUT2D eigenvalue weighted by molar-refractivity contribution is 5.49. The molecule has 1 aromatic rings. The number of rotatable bonds is 4. The Hall–Kier alpha value is -1.08. The first-order valence-electron chi connectivity index (χ1n) is 7.24.